The Morgan fingerprint density at radius 3 is 2.10 bits per heavy atom. The van der Waals surface area contributed by atoms with Crippen LogP contribution in [-0.4, -0.2) is 28.7 Å². The van der Waals surface area contributed by atoms with Crippen LogP contribution in [0.15, 0.2) is 109 Å². The lowest BCUT2D eigenvalue weighted by Gasteiger charge is -2.29. The fourth-order valence-corrected chi connectivity index (χ4v) is 5.42. The number of anilines is 1. The number of pyridine rings is 1. The van der Waals surface area contributed by atoms with Crippen LogP contribution < -0.4 is 16.0 Å². The van der Waals surface area contributed by atoms with Gasteiger partial charge in [-0.1, -0.05) is 84.9 Å². The van der Waals surface area contributed by atoms with Gasteiger partial charge in [0.2, 0.25) is 17.7 Å². The summed E-state index contributed by atoms with van der Waals surface area (Å²) in [7, 11) is 0. The molecule has 208 valence electrons. The molecule has 1 heterocycles. The Morgan fingerprint density at radius 2 is 1.41 bits per heavy atom. The highest BCUT2D eigenvalue weighted by atomic mass is 16.2. The van der Waals surface area contributed by atoms with E-state index in [9.17, 15) is 14.4 Å². The van der Waals surface area contributed by atoms with Crippen molar-refractivity contribution in [2.45, 2.75) is 50.1 Å². The van der Waals surface area contributed by atoms with Crippen molar-refractivity contribution in [3.63, 3.8) is 0 Å². The van der Waals surface area contributed by atoms with Gasteiger partial charge in [0.05, 0.1) is 12.0 Å². The van der Waals surface area contributed by atoms with Crippen LogP contribution in [0.25, 0.3) is 0 Å². The molecule has 41 heavy (non-hydrogen) atoms. The number of aryl methyl sites for hydroxylation is 1. The zero-order valence-corrected chi connectivity index (χ0v) is 22.8. The Morgan fingerprint density at radius 1 is 0.780 bits per heavy atom. The number of hydrogen-bond acceptors (Lipinski definition) is 4. The van der Waals surface area contributed by atoms with Crippen LogP contribution in [0, 0.1) is 0 Å². The van der Waals surface area contributed by atoms with Crippen molar-refractivity contribution in [3.05, 3.63) is 132 Å². The summed E-state index contributed by atoms with van der Waals surface area (Å²) in [4.78, 5) is 44.4. The first-order chi connectivity index (χ1) is 20.1. The number of rotatable bonds is 10. The third kappa shape index (κ3) is 7.25. The molecule has 2 atom stereocenters. The van der Waals surface area contributed by atoms with Gasteiger partial charge in [-0.05, 0) is 60.1 Å². The lowest BCUT2D eigenvalue weighted by Crippen LogP contribution is -2.49. The van der Waals surface area contributed by atoms with Gasteiger partial charge in [-0.25, -0.2) is 0 Å². The number of amides is 3. The molecule has 1 aliphatic carbocycles. The Kier molecular flexibility index (Phi) is 9.16. The molecule has 1 unspecified atom stereocenters. The summed E-state index contributed by atoms with van der Waals surface area (Å²) in [5.74, 6) is -1.43. The van der Waals surface area contributed by atoms with E-state index in [1.54, 1.807) is 24.5 Å². The molecule has 3 N–H and O–H groups in total. The lowest BCUT2D eigenvalue weighted by molar-refractivity contribution is -0.130. The Labute approximate surface area is 240 Å². The zero-order chi connectivity index (χ0) is 28.4. The van der Waals surface area contributed by atoms with E-state index in [1.807, 2.05) is 72.8 Å². The number of fused-ring (bicyclic) bond motifs is 1. The highest BCUT2D eigenvalue weighted by Crippen LogP contribution is 2.30. The van der Waals surface area contributed by atoms with Crippen LogP contribution in [-0.2, 0) is 20.8 Å². The highest BCUT2D eigenvalue weighted by molar-refractivity contribution is 5.94. The van der Waals surface area contributed by atoms with Crippen molar-refractivity contribution < 1.29 is 14.4 Å². The van der Waals surface area contributed by atoms with Gasteiger partial charge in [-0.3, -0.25) is 19.4 Å². The molecule has 3 amide bonds. The first-order valence-electron chi connectivity index (χ1n) is 14.1. The number of nitrogens with zero attached hydrogens (tertiary/aromatic N) is 1. The van der Waals surface area contributed by atoms with Crippen molar-refractivity contribution in [1.29, 1.82) is 0 Å². The lowest BCUT2D eigenvalue weighted by atomic mass is 9.87. The van der Waals surface area contributed by atoms with Crippen LogP contribution in [0.1, 0.15) is 59.9 Å². The minimum atomic E-state index is -0.894. The smallest absolute Gasteiger partial charge is 0.243 e. The molecule has 0 saturated heterocycles. The van der Waals surface area contributed by atoms with Crippen LogP contribution in [0.5, 0.6) is 0 Å². The van der Waals surface area contributed by atoms with Crippen molar-refractivity contribution in [1.82, 2.24) is 15.6 Å². The number of hydrogen-bond donors (Lipinski definition) is 3. The maximum atomic E-state index is 13.9. The topological polar surface area (TPSA) is 100 Å². The number of aromatic nitrogens is 1. The zero-order valence-electron chi connectivity index (χ0n) is 22.8. The molecule has 3 aromatic carbocycles. The third-order valence-electron chi connectivity index (χ3n) is 7.47. The average Bonchev–Trinajstić information content (AvgIpc) is 3.01. The molecular weight excluding hydrogens is 512 g/mol. The fourth-order valence-electron chi connectivity index (χ4n) is 5.42. The van der Waals surface area contributed by atoms with E-state index in [4.69, 9.17) is 0 Å². The maximum Gasteiger partial charge on any atom is 0.243 e. The van der Waals surface area contributed by atoms with Gasteiger partial charge in [-0.2, -0.15) is 0 Å². The maximum absolute atomic E-state index is 13.9. The largest absolute Gasteiger partial charge is 0.348 e. The first-order valence-corrected chi connectivity index (χ1v) is 14.1. The molecule has 0 bridgehead atoms. The summed E-state index contributed by atoms with van der Waals surface area (Å²) in [5.41, 5.74) is 4.62. The molecule has 0 aliphatic heterocycles. The van der Waals surface area contributed by atoms with E-state index in [-0.39, 0.29) is 36.6 Å². The van der Waals surface area contributed by atoms with E-state index >= 15 is 0 Å². The van der Waals surface area contributed by atoms with Gasteiger partial charge in [0, 0.05) is 24.5 Å². The second kappa shape index (κ2) is 13.5. The van der Waals surface area contributed by atoms with E-state index < -0.39 is 12.0 Å². The summed E-state index contributed by atoms with van der Waals surface area (Å²) in [6.07, 6.45) is 6.18. The molecule has 4 aromatic rings. The van der Waals surface area contributed by atoms with Gasteiger partial charge in [0.15, 0.2) is 0 Å². The molecule has 5 rings (SSSR count). The summed E-state index contributed by atoms with van der Waals surface area (Å²) in [6.45, 7) is 0. The Hall–Kier alpha value is -4.78. The van der Waals surface area contributed by atoms with Gasteiger partial charge in [-0.15, -0.1) is 0 Å². The molecule has 0 spiro atoms. The van der Waals surface area contributed by atoms with Crippen molar-refractivity contribution >= 4 is 23.4 Å². The van der Waals surface area contributed by atoms with Crippen LogP contribution in [0.3, 0.4) is 0 Å². The SMILES string of the molecule is O=C(CC[C@@H](NC(=O)C(c1ccccc1)c1ccccc1)C(=O)NC1CCCc2ccccc21)Nc1ccncc1. The minimum absolute atomic E-state index is 0.0588. The number of nitrogens with one attached hydrogen (secondary N) is 3. The summed E-state index contributed by atoms with van der Waals surface area (Å²) >= 11 is 0. The molecule has 1 aliphatic rings. The normalized spacial score (nSPS) is 14.9. The standard InChI is InChI=1S/C34H34N4O3/c39-31(36-27-20-22-35-23-21-27)19-18-30(33(40)37-29-17-9-15-24-10-7-8-16-28(24)29)38-34(41)32(25-11-3-1-4-12-25)26-13-5-2-6-14-26/h1-8,10-14,16,20-23,29-30,32H,9,15,17-19H2,(H,37,40)(H,38,41)(H,35,36,39)/t29?,30-/m1/s1. The van der Waals surface area contributed by atoms with Gasteiger partial charge < -0.3 is 16.0 Å². The molecule has 7 nitrogen and oxygen atoms in total. The van der Waals surface area contributed by atoms with E-state index in [1.165, 1.54) is 5.56 Å². The predicted octanol–water partition coefficient (Wildman–Crippen LogP) is 5.31. The summed E-state index contributed by atoms with van der Waals surface area (Å²) < 4.78 is 0. The first kappa shape index (κ1) is 27.8. The minimum Gasteiger partial charge on any atom is -0.348 e. The fraction of sp³-hybridized carbons (Fsp3) is 0.235. The molecule has 0 saturated carbocycles. The summed E-state index contributed by atoms with van der Waals surface area (Å²) in [5, 5.41) is 9.02. The molecule has 1 aromatic heterocycles. The highest BCUT2D eigenvalue weighted by Gasteiger charge is 2.30. The van der Waals surface area contributed by atoms with Crippen LogP contribution >= 0.6 is 0 Å². The van der Waals surface area contributed by atoms with Crippen molar-refractivity contribution in [3.8, 4) is 0 Å². The molecule has 0 radical (unpaired) electrons. The Bertz CT molecular complexity index is 1420. The number of benzene rings is 3. The van der Waals surface area contributed by atoms with Gasteiger partial charge in [0.25, 0.3) is 0 Å². The van der Waals surface area contributed by atoms with E-state index in [0.29, 0.717) is 5.69 Å². The average molecular weight is 547 g/mol. The second-order valence-corrected chi connectivity index (χ2v) is 10.3. The van der Waals surface area contributed by atoms with E-state index in [0.717, 1.165) is 36.0 Å². The van der Waals surface area contributed by atoms with Crippen LogP contribution in [0.2, 0.25) is 0 Å². The van der Waals surface area contributed by atoms with E-state index in [2.05, 4.69) is 33.1 Å². The van der Waals surface area contributed by atoms with Crippen molar-refractivity contribution in [2.24, 2.45) is 0 Å². The number of carbonyl (C=O) groups excluding carboxylic acids is 3. The van der Waals surface area contributed by atoms with Crippen LogP contribution in [0.4, 0.5) is 5.69 Å². The van der Waals surface area contributed by atoms with Gasteiger partial charge >= 0.3 is 0 Å². The van der Waals surface area contributed by atoms with Gasteiger partial charge in [0.1, 0.15) is 6.04 Å². The quantitative estimate of drug-likeness (QED) is 0.251. The third-order valence-corrected chi connectivity index (χ3v) is 7.47. The molecular formula is C34H34N4O3. The second-order valence-electron chi connectivity index (χ2n) is 10.3. The molecule has 0 fully saturated rings. The monoisotopic (exact) mass is 546 g/mol. The predicted molar refractivity (Wildman–Crippen MR) is 159 cm³/mol. The molecule has 7 heteroatoms. The van der Waals surface area contributed by atoms with Crippen molar-refractivity contribution in [2.75, 3.05) is 5.32 Å². The number of carbonyl (C=O) groups is 3. The Balaban J connectivity index is 1.36. The summed E-state index contributed by atoms with van der Waals surface area (Å²) in [6, 6.07) is 29.6.